The average Bonchev–Trinajstić information content (AvgIpc) is 2.94. The maximum atomic E-state index is 13.4. The summed E-state index contributed by atoms with van der Waals surface area (Å²) in [6, 6.07) is 6.89. The zero-order chi connectivity index (χ0) is 22.2. The molecule has 1 fully saturated rings. The zero-order valence-corrected chi connectivity index (χ0v) is 18.8. The summed E-state index contributed by atoms with van der Waals surface area (Å²) in [6.07, 6.45) is 7.41. The van der Waals surface area contributed by atoms with Gasteiger partial charge >= 0.3 is 5.97 Å². The van der Waals surface area contributed by atoms with Crippen molar-refractivity contribution in [1.82, 2.24) is 5.32 Å². The van der Waals surface area contributed by atoms with Crippen LogP contribution < -0.4 is 5.32 Å². The number of hydrogen-bond donors (Lipinski definition) is 2. The molecule has 0 spiro atoms. The standard InChI is InChI=1S/C26H33NO4/c1-16-22(25(30)31-19-11-6-4-5-7-12-19)23(17-9-8-10-18(28)13-17)24-20(27-16)14-26(2,3)15-21(24)29/h8-10,13,19,23,27-28H,4-7,11-12,14-15H2,1-3H3. The smallest absolute Gasteiger partial charge is 0.337 e. The van der Waals surface area contributed by atoms with Crippen LogP contribution in [0.2, 0.25) is 0 Å². The van der Waals surface area contributed by atoms with Crippen LogP contribution in [0.15, 0.2) is 46.8 Å². The molecule has 166 valence electrons. The second-order valence-electron chi connectivity index (χ2n) is 10.0. The van der Waals surface area contributed by atoms with E-state index in [0.29, 0.717) is 17.6 Å². The fourth-order valence-corrected chi connectivity index (χ4v) is 5.32. The molecule has 2 aliphatic carbocycles. The lowest BCUT2D eigenvalue weighted by molar-refractivity contribution is -0.145. The quantitative estimate of drug-likeness (QED) is 0.512. The highest BCUT2D eigenvalue weighted by Crippen LogP contribution is 2.47. The molecule has 1 aromatic carbocycles. The van der Waals surface area contributed by atoms with Gasteiger partial charge in [0.05, 0.1) is 5.57 Å². The van der Waals surface area contributed by atoms with Gasteiger partial charge in [-0.3, -0.25) is 4.79 Å². The monoisotopic (exact) mass is 423 g/mol. The number of rotatable bonds is 3. The van der Waals surface area contributed by atoms with E-state index in [9.17, 15) is 14.7 Å². The molecule has 1 saturated carbocycles. The van der Waals surface area contributed by atoms with Crippen LogP contribution in [0.25, 0.3) is 0 Å². The van der Waals surface area contributed by atoms with Gasteiger partial charge in [-0.2, -0.15) is 0 Å². The maximum absolute atomic E-state index is 13.4. The number of phenolic OH excluding ortho intramolecular Hbond substituents is 1. The molecule has 0 bridgehead atoms. The van der Waals surface area contributed by atoms with Crippen LogP contribution in [-0.4, -0.2) is 23.0 Å². The van der Waals surface area contributed by atoms with Crippen molar-refractivity contribution >= 4 is 11.8 Å². The van der Waals surface area contributed by atoms with Crippen LogP contribution >= 0.6 is 0 Å². The highest BCUT2D eigenvalue weighted by atomic mass is 16.5. The van der Waals surface area contributed by atoms with E-state index >= 15 is 0 Å². The van der Waals surface area contributed by atoms with Crippen LogP contribution in [0.5, 0.6) is 5.75 Å². The minimum absolute atomic E-state index is 0.0550. The second-order valence-corrected chi connectivity index (χ2v) is 10.0. The molecule has 2 N–H and O–H groups in total. The number of Topliss-reactive ketones (excluding diaryl/α,β-unsaturated/α-hetero) is 1. The molecule has 5 heteroatoms. The van der Waals surface area contributed by atoms with Crippen molar-refractivity contribution in [1.29, 1.82) is 0 Å². The fraction of sp³-hybridized carbons (Fsp3) is 0.538. The molecular weight excluding hydrogens is 390 g/mol. The fourth-order valence-electron chi connectivity index (χ4n) is 5.32. The number of ketones is 1. The number of benzene rings is 1. The molecule has 0 amide bonds. The van der Waals surface area contributed by atoms with Gasteiger partial charge in [-0.05, 0) is 62.1 Å². The molecule has 0 saturated heterocycles. The van der Waals surface area contributed by atoms with Gasteiger partial charge in [-0.15, -0.1) is 0 Å². The van der Waals surface area contributed by atoms with Gasteiger partial charge in [0.1, 0.15) is 11.9 Å². The Labute approximate surface area is 184 Å². The van der Waals surface area contributed by atoms with Gasteiger partial charge in [0, 0.05) is 29.3 Å². The summed E-state index contributed by atoms with van der Waals surface area (Å²) in [7, 11) is 0. The lowest BCUT2D eigenvalue weighted by Gasteiger charge is -2.39. The molecule has 1 aromatic rings. The number of carbonyl (C=O) groups is 2. The topological polar surface area (TPSA) is 75.6 Å². The normalized spacial score (nSPS) is 24.4. The van der Waals surface area contributed by atoms with Crippen molar-refractivity contribution in [2.75, 3.05) is 0 Å². The van der Waals surface area contributed by atoms with Crippen molar-refractivity contribution < 1.29 is 19.4 Å². The molecule has 1 heterocycles. The van der Waals surface area contributed by atoms with Crippen molar-refractivity contribution in [3.8, 4) is 5.75 Å². The van der Waals surface area contributed by atoms with E-state index < -0.39 is 5.92 Å². The van der Waals surface area contributed by atoms with E-state index in [1.807, 2.05) is 13.0 Å². The number of nitrogens with one attached hydrogen (secondary N) is 1. The number of carbonyl (C=O) groups excluding carboxylic acids is 2. The first kappa shape index (κ1) is 21.7. The van der Waals surface area contributed by atoms with Crippen molar-refractivity contribution in [3.05, 3.63) is 52.4 Å². The first-order valence-corrected chi connectivity index (χ1v) is 11.5. The van der Waals surface area contributed by atoms with Crippen LogP contribution in [0.3, 0.4) is 0 Å². The molecule has 4 rings (SSSR count). The summed E-state index contributed by atoms with van der Waals surface area (Å²) in [5.41, 5.74) is 3.36. The van der Waals surface area contributed by atoms with Crippen LogP contribution in [0, 0.1) is 5.41 Å². The van der Waals surface area contributed by atoms with Crippen LogP contribution in [0.4, 0.5) is 0 Å². The second kappa shape index (κ2) is 8.52. The van der Waals surface area contributed by atoms with Gasteiger partial charge in [0.15, 0.2) is 5.78 Å². The molecule has 1 unspecified atom stereocenters. The van der Waals surface area contributed by atoms with Gasteiger partial charge in [-0.25, -0.2) is 4.79 Å². The predicted molar refractivity (Wildman–Crippen MR) is 119 cm³/mol. The average molecular weight is 424 g/mol. The van der Waals surface area contributed by atoms with Gasteiger partial charge < -0.3 is 15.2 Å². The summed E-state index contributed by atoms with van der Waals surface area (Å²) in [6.45, 7) is 6.07. The third-order valence-corrected chi connectivity index (χ3v) is 6.74. The van der Waals surface area contributed by atoms with E-state index in [1.54, 1.807) is 18.2 Å². The Morgan fingerprint density at radius 1 is 1.13 bits per heavy atom. The lowest BCUT2D eigenvalue weighted by atomic mass is 9.68. The molecule has 0 aromatic heterocycles. The number of dihydropyridines is 1. The summed E-state index contributed by atoms with van der Waals surface area (Å²) in [5.74, 6) is -0.699. The van der Waals surface area contributed by atoms with Crippen molar-refractivity contribution in [2.45, 2.75) is 84.2 Å². The lowest BCUT2D eigenvalue weighted by Crippen LogP contribution is -2.39. The number of ether oxygens (including phenoxy) is 1. The molecule has 1 aliphatic heterocycles. The molecule has 31 heavy (non-hydrogen) atoms. The Bertz CT molecular complexity index is 948. The van der Waals surface area contributed by atoms with E-state index in [1.165, 1.54) is 12.8 Å². The number of aromatic hydroxyl groups is 1. The SMILES string of the molecule is CC1=C(C(=O)OC2CCCCCC2)C(c2cccc(O)c2)C2=C(CC(C)(C)CC2=O)N1. The molecule has 3 aliphatic rings. The Balaban J connectivity index is 1.74. The highest BCUT2D eigenvalue weighted by molar-refractivity contribution is 6.04. The summed E-state index contributed by atoms with van der Waals surface area (Å²) in [4.78, 5) is 26.7. The minimum Gasteiger partial charge on any atom is -0.508 e. The number of phenols is 1. The van der Waals surface area contributed by atoms with E-state index in [4.69, 9.17) is 4.74 Å². The molecular formula is C26H33NO4. The minimum atomic E-state index is -0.523. The van der Waals surface area contributed by atoms with E-state index in [-0.39, 0.29) is 29.0 Å². The summed E-state index contributed by atoms with van der Waals surface area (Å²) < 4.78 is 5.99. The zero-order valence-electron chi connectivity index (χ0n) is 18.8. The Kier molecular flexibility index (Phi) is 5.96. The van der Waals surface area contributed by atoms with Gasteiger partial charge in [0.2, 0.25) is 0 Å². The summed E-state index contributed by atoms with van der Waals surface area (Å²) >= 11 is 0. The molecule has 5 nitrogen and oxygen atoms in total. The third-order valence-electron chi connectivity index (χ3n) is 6.74. The predicted octanol–water partition coefficient (Wildman–Crippen LogP) is 5.26. The number of hydrogen-bond acceptors (Lipinski definition) is 5. The van der Waals surface area contributed by atoms with Gasteiger partial charge in [0.25, 0.3) is 0 Å². The van der Waals surface area contributed by atoms with E-state index in [0.717, 1.165) is 49.1 Å². The first-order valence-electron chi connectivity index (χ1n) is 11.5. The van der Waals surface area contributed by atoms with E-state index in [2.05, 4.69) is 19.2 Å². The summed E-state index contributed by atoms with van der Waals surface area (Å²) in [5, 5.41) is 13.5. The van der Waals surface area contributed by atoms with Gasteiger partial charge in [-0.1, -0.05) is 38.8 Å². The van der Waals surface area contributed by atoms with Crippen molar-refractivity contribution in [2.24, 2.45) is 5.41 Å². The molecule has 0 radical (unpaired) electrons. The largest absolute Gasteiger partial charge is 0.508 e. The number of esters is 1. The highest BCUT2D eigenvalue weighted by Gasteiger charge is 2.43. The Morgan fingerprint density at radius 3 is 2.52 bits per heavy atom. The Hall–Kier alpha value is -2.56. The maximum Gasteiger partial charge on any atom is 0.337 e. The number of allylic oxidation sites excluding steroid dienone is 3. The Morgan fingerprint density at radius 2 is 1.84 bits per heavy atom. The molecule has 1 atom stereocenters. The van der Waals surface area contributed by atoms with Crippen molar-refractivity contribution in [3.63, 3.8) is 0 Å². The van der Waals surface area contributed by atoms with Crippen LogP contribution in [-0.2, 0) is 14.3 Å². The van der Waals surface area contributed by atoms with Crippen LogP contribution in [0.1, 0.15) is 83.6 Å². The first-order chi connectivity index (χ1) is 14.7. The third kappa shape index (κ3) is 4.56.